The van der Waals surface area contributed by atoms with Crippen LogP contribution in [0.4, 0.5) is 5.69 Å². The number of piperazine rings is 1. The Morgan fingerprint density at radius 2 is 2.05 bits per heavy atom. The summed E-state index contributed by atoms with van der Waals surface area (Å²) < 4.78 is 1.14. The molecule has 0 spiro atoms. The Bertz CT molecular complexity index is 471. The van der Waals surface area contributed by atoms with Crippen molar-refractivity contribution in [1.29, 1.82) is 0 Å². The van der Waals surface area contributed by atoms with Crippen molar-refractivity contribution >= 4 is 21.6 Å². The lowest BCUT2D eigenvalue weighted by molar-refractivity contribution is 0.139. The standard InChI is InChI=1S/C16H26BrN3/c1-12(18)9-13-5-6-14(17)10-15(13)20-8-7-19(4)16(2,3)11-20/h5-6,10,12H,7-9,11,18H2,1-4H3. The van der Waals surface area contributed by atoms with E-state index >= 15 is 0 Å². The second-order valence-electron chi connectivity index (χ2n) is 6.61. The molecular weight excluding hydrogens is 314 g/mol. The van der Waals surface area contributed by atoms with E-state index in [2.05, 4.69) is 71.7 Å². The van der Waals surface area contributed by atoms with Gasteiger partial charge < -0.3 is 10.6 Å². The lowest BCUT2D eigenvalue weighted by atomic mass is 9.97. The smallest absolute Gasteiger partial charge is 0.0411 e. The normalized spacial score (nSPS) is 21.0. The maximum atomic E-state index is 6.00. The van der Waals surface area contributed by atoms with E-state index in [1.165, 1.54) is 11.3 Å². The predicted molar refractivity (Wildman–Crippen MR) is 90.4 cm³/mol. The van der Waals surface area contributed by atoms with Gasteiger partial charge in [0, 0.05) is 41.4 Å². The van der Waals surface area contributed by atoms with E-state index in [1.54, 1.807) is 0 Å². The van der Waals surface area contributed by atoms with Crippen molar-refractivity contribution < 1.29 is 0 Å². The molecule has 0 saturated carbocycles. The average Bonchev–Trinajstić information content (AvgIpc) is 2.34. The summed E-state index contributed by atoms with van der Waals surface area (Å²) in [6, 6.07) is 6.74. The quantitative estimate of drug-likeness (QED) is 0.918. The summed E-state index contributed by atoms with van der Waals surface area (Å²) in [6.45, 7) is 9.90. The van der Waals surface area contributed by atoms with Gasteiger partial charge in [-0.15, -0.1) is 0 Å². The van der Waals surface area contributed by atoms with E-state index in [4.69, 9.17) is 5.73 Å². The van der Waals surface area contributed by atoms with E-state index in [0.29, 0.717) is 0 Å². The Morgan fingerprint density at radius 1 is 1.35 bits per heavy atom. The third kappa shape index (κ3) is 3.54. The highest BCUT2D eigenvalue weighted by molar-refractivity contribution is 9.10. The van der Waals surface area contributed by atoms with Gasteiger partial charge in [-0.25, -0.2) is 0 Å². The summed E-state index contributed by atoms with van der Waals surface area (Å²) in [5.41, 5.74) is 8.88. The van der Waals surface area contributed by atoms with Crippen molar-refractivity contribution in [2.45, 2.75) is 38.8 Å². The lowest BCUT2D eigenvalue weighted by Crippen LogP contribution is -2.57. The number of anilines is 1. The molecule has 1 unspecified atom stereocenters. The molecule has 3 nitrogen and oxygen atoms in total. The second kappa shape index (κ2) is 6.04. The monoisotopic (exact) mass is 339 g/mol. The average molecular weight is 340 g/mol. The Kier molecular flexibility index (Phi) is 4.77. The summed E-state index contributed by atoms with van der Waals surface area (Å²) >= 11 is 3.60. The van der Waals surface area contributed by atoms with Crippen LogP contribution in [-0.4, -0.2) is 43.2 Å². The molecule has 1 atom stereocenters. The van der Waals surface area contributed by atoms with Gasteiger partial charge in [-0.2, -0.15) is 0 Å². The third-order valence-corrected chi connectivity index (χ3v) is 4.74. The molecular formula is C16H26BrN3. The van der Waals surface area contributed by atoms with Crippen molar-refractivity contribution in [2.75, 3.05) is 31.6 Å². The van der Waals surface area contributed by atoms with Crippen LogP contribution in [-0.2, 0) is 6.42 Å². The SMILES string of the molecule is CC(N)Cc1ccc(Br)cc1N1CCN(C)C(C)(C)C1. The largest absolute Gasteiger partial charge is 0.368 e. The number of hydrogen-bond acceptors (Lipinski definition) is 3. The Hall–Kier alpha value is -0.580. The molecule has 1 aliphatic rings. The first-order valence-corrected chi connectivity index (χ1v) is 8.09. The number of likely N-dealkylation sites (N-methyl/N-ethyl adjacent to an activating group) is 1. The molecule has 1 saturated heterocycles. The predicted octanol–water partition coefficient (Wildman–Crippen LogP) is 2.87. The van der Waals surface area contributed by atoms with Crippen LogP contribution < -0.4 is 10.6 Å². The molecule has 1 aliphatic heterocycles. The van der Waals surface area contributed by atoms with Gasteiger partial charge in [-0.1, -0.05) is 22.0 Å². The minimum absolute atomic E-state index is 0.190. The van der Waals surface area contributed by atoms with Crippen LogP contribution in [0.5, 0.6) is 0 Å². The number of halogens is 1. The molecule has 2 rings (SSSR count). The number of hydrogen-bond donors (Lipinski definition) is 1. The van der Waals surface area contributed by atoms with E-state index in [0.717, 1.165) is 30.5 Å². The van der Waals surface area contributed by atoms with E-state index in [1.807, 2.05) is 0 Å². The van der Waals surface area contributed by atoms with Crippen LogP contribution in [0.15, 0.2) is 22.7 Å². The number of nitrogens with two attached hydrogens (primary N) is 1. The summed E-state index contributed by atoms with van der Waals surface area (Å²) in [5.74, 6) is 0. The molecule has 112 valence electrons. The topological polar surface area (TPSA) is 32.5 Å². The number of nitrogens with zero attached hydrogens (tertiary/aromatic N) is 2. The first kappa shape index (κ1) is 15.8. The molecule has 0 aromatic heterocycles. The van der Waals surface area contributed by atoms with Crippen LogP contribution in [0.2, 0.25) is 0 Å². The maximum Gasteiger partial charge on any atom is 0.0411 e. The maximum absolute atomic E-state index is 6.00. The fourth-order valence-electron chi connectivity index (χ4n) is 2.80. The van der Waals surface area contributed by atoms with Gasteiger partial charge in [0.25, 0.3) is 0 Å². The molecule has 1 fully saturated rings. The van der Waals surface area contributed by atoms with Crippen molar-refractivity contribution in [2.24, 2.45) is 5.73 Å². The second-order valence-corrected chi connectivity index (χ2v) is 7.53. The van der Waals surface area contributed by atoms with E-state index in [9.17, 15) is 0 Å². The van der Waals surface area contributed by atoms with Gasteiger partial charge in [0.15, 0.2) is 0 Å². The van der Waals surface area contributed by atoms with Gasteiger partial charge in [0.1, 0.15) is 0 Å². The number of rotatable bonds is 3. The van der Waals surface area contributed by atoms with Crippen LogP contribution in [0.25, 0.3) is 0 Å². The summed E-state index contributed by atoms with van der Waals surface area (Å²) in [5, 5.41) is 0. The van der Waals surface area contributed by atoms with Crippen molar-refractivity contribution in [3.63, 3.8) is 0 Å². The van der Waals surface area contributed by atoms with Gasteiger partial charge in [-0.05, 0) is 51.9 Å². The van der Waals surface area contributed by atoms with E-state index < -0.39 is 0 Å². The molecule has 1 aromatic rings. The lowest BCUT2D eigenvalue weighted by Gasteiger charge is -2.46. The molecule has 0 radical (unpaired) electrons. The molecule has 1 heterocycles. The van der Waals surface area contributed by atoms with Gasteiger partial charge in [0.2, 0.25) is 0 Å². The molecule has 0 bridgehead atoms. The minimum Gasteiger partial charge on any atom is -0.368 e. The fourth-order valence-corrected chi connectivity index (χ4v) is 3.15. The zero-order valence-corrected chi connectivity index (χ0v) is 14.6. The Morgan fingerprint density at radius 3 is 2.65 bits per heavy atom. The Balaban J connectivity index is 2.29. The summed E-state index contributed by atoms with van der Waals surface area (Å²) in [6.07, 6.45) is 0.926. The van der Waals surface area contributed by atoms with Crippen molar-refractivity contribution in [3.8, 4) is 0 Å². The van der Waals surface area contributed by atoms with Crippen molar-refractivity contribution in [1.82, 2.24) is 4.90 Å². The molecule has 1 aromatic carbocycles. The van der Waals surface area contributed by atoms with E-state index in [-0.39, 0.29) is 11.6 Å². The molecule has 4 heteroatoms. The summed E-state index contributed by atoms with van der Waals surface area (Å²) in [7, 11) is 2.21. The molecule has 0 aliphatic carbocycles. The van der Waals surface area contributed by atoms with Crippen LogP contribution in [0, 0.1) is 0 Å². The highest BCUT2D eigenvalue weighted by Crippen LogP contribution is 2.30. The zero-order valence-electron chi connectivity index (χ0n) is 13.0. The molecule has 2 N–H and O–H groups in total. The molecule has 0 amide bonds. The first-order valence-electron chi connectivity index (χ1n) is 7.30. The van der Waals surface area contributed by atoms with Crippen LogP contribution >= 0.6 is 15.9 Å². The summed E-state index contributed by atoms with van der Waals surface area (Å²) in [4.78, 5) is 4.94. The number of benzene rings is 1. The Labute approximate surface area is 131 Å². The van der Waals surface area contributed by atoms with Crippen molar-refractivity contribution in [3.05, 3.63) is 28.2 Å². The highest BCUT2D eigenvalue weighted by atomic mass is 79.9. The van der Waals surface area contributed by atoms with Crippen LogP contribution in [0.1, 0.15) is 26.3 Å². The highest BCUT2D eigenvalue weighted by Gasteiger charge is 2.31. The fraction of sp³-hybridized carbons (Fsp3) is 0.625. The van der Waals surface area contributed by atoms with Gasteiger partial charge in [-0.3, -0.25) is 4.90 Å². The van der Waals surface area contributed by atoms with Gasteiger partial charge in [0.05, 0.1) is 0 Å². The molecule has 20 heavy (non-hydrogen) atoms. The zero-order chi connectivity index (χ0) is 14.9. The minimum atomic E-state index is 0.190. The van der Waals surface area contributed by atoms with Gasteiger partial charge >= 0.3 is 0 Å². The van der Waals surface area contributed by atoms with Crippen LogP contribution in [0.3, 0.4) is 0 Å². The first-order chi connectivity index (χ1) is 9.29. The third-order valence-electron chi connectivity index (χ3n) is 4.25.